The first kappa shape index (κ1) is 14.8. The fourth-order valence-corrected chi connectivity index (χ4v) is 2.20. The summed E-state index contributed by atoms with van der Waals surface area (Å²) in [5.41, 5.74) is 2.63. The van der Waals surface area contributed by atoms with Gasteiger partial charge >= 0.3 is 0 Å². The minimum Gasteiger partial charge on any atom is -0.337 e. The zero-order valence-corrected chi connectivity index (χ0v) is 12.5. The van der Waals surface area contributed by atoms with Crippen LogP contribution in [0.3, 0.4) is 0 Å². The smallest absolute Gasteiger partial charge is 0.267 e. The number of aromatic nitrogens is 1. The van der Waals surface area contributed by atoms with E-state index in [0.29, 0.717) is 10.8 Å². The summed E-state index contributed by atoms with van der Waals surface area (Å²) >= 11 is 1.41. The normalized spacial score (nSPS) is 10.8. The second kappa shape index (κ2) is 6.68. The number of rotatable bonds is 4. The van der Waals surface area contributed by atoms with Gasteiger partial charge in [-0.05, 0) is 26.0 Å². The molecule has 2 aromatic rings. The highest BCUT2D eigenvalue weighted by molar-refractivity contribution is 7.13. The molecule has 0 bridgehead atoms. The molecule has 0 atom stereocenters. The van der Waals surface area contributed by atoms with Crippen LogP contribution >= 0.6 is 11.3 Å². The summed E-state index contributed by atoms with van der Waals surface area (Å²) in [5, 5.41) is 17.1. The van der Waals surface area contributed by atoms with Crippen LogP contribution < -0.4 is 10.6 Å². The lowest BCUT2D eigenvalue weighted by atomic mass is 10.2. The molecule has 0 radical (unpaired) electrons. The van der Waals surface area contributed by atoms with E-state index >= 15 is 0 Å². The average molecular weight is 298 g/mol. The first-order valence-electron chi connectivity index (χ1n) is 6.25. The molecular weight excluding hydrogens is 284 g/mol. The Labute approximate surface area is 127 Å². The number of nitrogens with one attached hydrogen (secondary N) is 2. The van der Waals surface area contributed by atoms with E-state index in [9.17, 15) is 4.79 Å². The molecule has 106 valence electrons. The average Bonchev–Trinajstić information content (AvgIpc) is 2.88. The number of aryl methyl sites for hydroxylation is 2. The van der Waals surface area contributed by atoms with Gasteiger partial charge in [0.05, 0.1) is 5.69 Å². The summed E-state index contributed by atoms with van der Waals surface area (Å²) in [6, 6.07) is 9.24. The molecule has 0 aliphatic heterocycles. The standard InChI is InChI=1S/C15H14N4OS/c1-10-3-5-13(6-4-10)19-14(20)12(7-16)8-17-15-18-11(2)9-21-15/h3-6,8-9H,1-2H3,(H,17,18)(H,19,20)/b12-8-. The second-order valence-electron chi connectivity index (χ2n) is 4.43. The van der Waals surface area contributed by atoms with Crippen molar-refractivity contribution in [1.82, 2.24) is 4.98 Å². The summed E-state index contributed by atoms with van der Waals surface area (Å²) in [5.74, 6) is -0.456. The van der Waals surface area contributed by atoms with Crippen molar-refractivity contribution in [3.05, 3.63) is 52.7 Å². The summed E-state index contributed by atoms with van der Waals surface area (Å²) in [6.07, 6.45) is 1.36. The number of anilines is 2. The molecule has 5 nitrogen and oxygen atoms in total. The van der Waals surface area contributed by atoms with Gasteiger partial charge in [-0.3, -0.25) is 4.79 Å². The first-order valence-corrected chi connectivity index (χ1v) is 7.13. The maximum Gasteiger partial charge on any atom is 0.267 e. The molecule has 21 heavy (non-hydrogen) atoms. The molecule has 2 N–H and O–H groups in total. The molecule has 2 rings (SSSR count). The van der Waals surface area contributed by atoms with E-state index in [2.05, 4.69) is 15.6 Å². The van der Waals surface area contributed by atoms with Crippen molar-refractivity contribution in [3.63, 3.8) is 0 Å². The fourth-order valence-electron chi connectivity index (χ4n) is 1.54. The molecular formula is C15H14N4OS. The van der Waals surface area contributed by atoms with Gasteiger partial charge in [0.15, 0.2) is 5.13 Å². The van der Waals surface area contributed by atoms with Crippen molar-refractivity contribution < 1.29 is 4.79 Å². The van der Waals surface area contributed by atoms with Crippen LogP contribution in [0.5, 0.6) is 0 Å². The Morgan fingerprint density at radius 1 is 1.33 bits per heavy atom. The third-order valence-corrected chi connectivity index (χ3v) is 3.52. The molecule has 1 heterocycles. The van der Waals surface area contributed by atoms with Crippen LogP contribution in [0.4, 0.5) is 10.8 Å². The van der Waals surface area contributed by atoms with Gasteiger partial charge in [-0.1, -0.05) is 17.7 Å². The van der Waals surface area contributed by atoms with E-state index in [1.165, 1.54) is 17.5 Å². The number of carbonyl (C=O) groups excluding carboxylic acids is 1. The quantitative estimate of drug-likeness (QED) is 0.671. The number of carbonyl (C=O) groups is 1. The third-order valence-electron chi connectivity index (χ3n) is 2.63. The van der Waals surface area contributed by atoms with Gasteiger partial charge in [0.25, 0.3) is 5.91 Å². The molecule has 0 spiro atoms. The summed E-state index contributed by atoms with van der Waals surface area (Å²) in [4.78, 5) is 16.2. The van der Waals surface area contributed by atoms with Gasteiger partial charge < -0.3 is 10.6 Å². The van der Waals surface area contributed by atoms with Crippen LogP contribution in [0.25, 0.3) is 0 Å². The molecule has 1 amide bonds. The van der Waals surface area contributed by atoms with E-state index in [4.69, 9.17) is 5.26 Å². The van der Waals surface area contributed by atoms with E-state index in [0.717, 1.165) is 11.3 Å². The SMILES string of the molecule is Cc1ccc(NC(=O)/C(C#N)=C\Nc2nc(C)cs2)cc1. The predicted molar refractivity (Wildman–Crippen MR) is 84.0 cm³/mol. The van der Waals surface area contributed by atoms with Gasteiger partial charge in [-0.2, -0.15) is 5.26 Å². The summed E-state index contributed by atoms with van der Waals surface area (Å²) in [6.45, 7) is 3.84. The number of amides is 1. The maximum absolute atomic E-state index is 12.0. The van der Waals surface area contributed by atoms with Gasteiger partial charge in [-0.25, -0.2) is 4.98 Å². The van der Waals surface area contributed by atoms with Crippen LogP contribution in [-0.2, 0) is 4.79 Å². The Kier molecular flexibility index (Phi) is 4.69. The highest BCUT2D eigenvalue weighted by Gasteiger charge is 2.09. The molecule has 1 aromatic carbocycles. The second-order valence-corrected chi connectivity index (χ2v) is 5.29. The lowest BCUT2D eigenvalue weighted by Gasteiger charge is -2.04. The van der Waals surface area contributed by atoms with Crippen molar-refractivity contribution in [2.75, 3.05) is 10.6 Å². The molecule has 1 aromatic heterocycles. The van der Waals surface area contributed by atoms with Crippen LogP contribution in [0.1, 0.15) is 11.3 Å². The molecule has 0 fully saturated rings. The van der Waals surface area contributed by atoms with Crippen molar-refractivity contribution in [2.24, 2.45) is 0 Å². The topological polar surface area (TPSA) is 77.8 Å². The Hall–Kier alpha value is -2.65. The molecule has 6 heteroatoms. The minimum absolute atomic E-state index is 0.0107. The number of hydrogen-bond acceptors (Lipinski definition) is 5. The van der Waals surface area contributed by atoms with Crippen LogP contribution in [-0.4, -0.2) is 10.9 Å². The third kappa shape index (κ3) is 4.16. The molecule has 0 saturated carbocycles. The number of nitriles is 1. The number of thiazole rings is 1. The maximum atomic E-state index is 12.0. The Bertz CT molecular complexity index is 710. The molecule has 0 aliphatic carbocycles. The zero-order valence-electron chi connectivity index (χ0n) is 11.7. The van der Waals surface area contributed by atoms with Gasteiger partial charge in [0.1, 0.15) is 11.6 Å². The van der Waals surface area contributed by atoms with Gasteiger partial charge in [0.2, 0.25) is 0 Å². The first-order chi connectivity index (χ1) is 10.1. The van der Waals surface area contributed by atoms with Crippen LogP contribution in [0.15, 0.2) is 41.4 Å². The van der Waals surface area contributed by atoms with E-state index in [1.807, 2.05) is 37.4 Å². The minimum atomic E-state index is -0.456. The van der Waals surface area contributed by atoms with E-state index in [-0.39, 0.29) is 5.57 Å². The van der Waals surface area contributed by atoms with Gasteiger partial charge in [-0.15, -0.1) is 11.3 Å². The van der Waals surface area contributed by atoms with Crippen molar-refractivity contribution >= 4 is 28.1 Å². The van der Waals surface area contributed by atoms with Crippen LogP contribution in [0.2, 0.25) is 0 Å². The highest BCUT2D eigenvalue weighted by atomic mass is 32.1. The molecule has 0 aliphatic rings. The van der Waals surface area contributed by atoms with E-state index in [1.54, 1.807) is 12.1 Å². The largest absolute Gasteiger partial charge is 0.337 e. The van der Waals surface area contributed by atoms with Crippen molar-refractivity contribution in [1.29, 1.82) is 5.26 Å². The summed E-state index contributed by atoms with van der Waals surface area (Å²) in [7, 11) is 0. The monoisotopic (exact) mass is 298 g/mol. The van der Waals surface area contributed by atoms with Crippen LogP contribution in [0, 0.1) is 25.2 Å². The lowest BCUT2D eigenvalue weighted by molar-refractivity contribution is -0.112. The predicted octanol–water partition coefficient (Wildman–Crippen LogP) is 3.22. The van der Waals surface area contributed by atoms with E-state index < -0.39 is 5.91 Å². The Balaban J connectivity index is 2.04. The number of nitrogens with zero attached hydrogens (tertiary/aromatic N) is 2. The highest BCUT2D eigenvalue weighted by Crippen LogP contribution is 2.15. The molecule has 0 saturated heterocycles. The van der Waals surface area contributed by atoms with Crippen molar-refractivity contribution in [3.8, 4) is 6.07 Å². The zero-order chi connectivity index (χ0) is 15.2. The molecule has 0 unspecified atom stereocenters. The Morgan fingerprint density at radius 3 is 2.62 bits per heavy atom. The van der Waals surface area contributed by atoms with Gasteiger partial charge in [0, 0.05) is 17.3 Å². The number of hydrogen-bond donors (Lipinski definition) is 2. The number of benzene rings is 1. The summed E-state index contributed by atoms with van der Waals surface area (Å²) < 4.78 is 0. The fraction of sp³-hybridized carbons (Fsp3) is 0.133. The Morgan fingerprint density at radius 2 is 2.05 bits per heavy atom. The lowest BCUT2D eigenvalue weighted by Crippen LogP contribution is -2.14. The van der Waals surface area contributed by atoms with Crippen molar-refractivity contribution in [2.45, 2.75) is 13.8 Å².